The smallest absolute Gasteiger partial charge is 0.177 e. The van der Waals surface area contributed by atoms with Crippen molar-refractivity contribution in [2.24, 2.45) is 0 Å². The molecule has 0 radical (unpaired) electrons. The number of hydrogen-bond donors (Lipinski definition) is 1. The molecule has 3 nitrogen and oxygen atoms in total. The van der Waals surface area contributed by atoms with E-state index in [1.54, 1.807) is 24.3 Å². The zero-order valence-electron chi connectivity index (χ0n) is 14.6. The quantitative estimate of drug-likeness (QED) is 0.816. The Morgan fingerprint density at radius 2 is 1.77 bits per heavy atom. The minimum absolute atomic E-state index is 0.253. The Balaban J connectivity index is 1.78. The molecule has 6 heteroatoms. The number of benzene rings is 2. The zero-order valence-corrected chi connectivity index (χ0v) is 14.6. The molecule has 0 aliphatic carbocycles. The van der Waals surface area contributed by atoms with Crippen molar-refractivity contribution < 1.29 is 22.6 Å². The molecule has 3 atom stereocenters. The Labute approximate surface area is 151 Å². The average molecular weight is 365 g/mol. The van der Waals surface area contributed by atoms with Crippen molar-refractivity contribution in [3.05, 3.63) is 70.5 Å². The lowest BCUT2D eigenvalue weighted by molar-refractivity contribution is -0.200. The minimum Gasteiger partial charge on any atom is -0.349 e. The topological polar surface area (TPSA) is 30.5 Å². The molecule has 0 spiro atoms. The van der Waals surface area contributed by atoms with E-state index in [-0.39, 0.29) is 11.9 Å². The molecule has 140 valence electrons. The standard InChI is InChI=1S/C20H22F3NO2/c1-13(17-9-14(11-21)8-15(10-17)12-22)26-20-19(24-6-7-25-20)16-2-4-18(23)5-3-16/h2-5,8-10,13,19-20,24H,6-7,11-12H2,1H3/t13-,19+,20-/m1/s1. The second-order valence-electron chi connectivity index (χ2n) is 6.35. The van der Waals surface area contributed by atoms with Crippen LogP contribution in [-0.4, -0.2) is 19.4 Å². The fraction of sp³-hybridized carbons (Fsp3) is 0.400. The van der Waals surface area contributed by atoms with E-state index in [0.717, 1.165) is 5.56 Å². The lowest BCUT2D eigenvalue weighted by Crippen LogP contribution is -2.43. The Kier molecular flexibility index (Phi) is 6.29. The van der Waals surface area contributed by atoms with Crippen LogP contribution in [0, 0.1) is 5.82 Å². The molecule has 1 aliphatic heterocycles. The number of hydrogen-bond acceptors (Lipinski definition) is 3. The molecular formula is C20H22F3NO2. The van der Waals surface area contributed by atoms with Gasteiger partial charge in [-0.05, 0) is 41.3 Å². The molecule has 0 aromatic heterocycles. The van der Waals surface area contributed by atoms with Gasteiger partial charge in [0.25, 0.3) is 0 Å². The summed E-state index contributed by atoms with van der Waals surface area (Å²) < 4.78 is 51.0. The summed E-state index contributed by atoms with van der Waals surface area (Å²) in [5.74, 6) is -0.307. The maximum Gasteiger partial charge on any atom is 0.177 e. The second-order valence-corrected chi connectivity index (χ2v) is 6.35. The van der Waals surface area contributed by atoms with Crippen LogP contribution >= 0.6 is 0 Å². The van der Waals surface area contributed by atoms with Crippen molar-refractivity contribution in [3.8, 4) is 0 Å². The van der Waals surface area contributed by atoms with Crippen LogP contribution in [0.25, 0.3) is 0 Å². The summed E-state index contributed by atoms with van der Waals surface area (Å²) in [6, 6.07) is 10.8. The van der Waals surface area contributed by atoms with E-state index in [1.807, 2.05) is 6.92 Å². The minimum atomic E-state index is -0.659. The Hall–Kier alpha value is -1.89. The number of alkyl halides is 2. The molecule has 26 heavy (non-hydrogen) atoms. The molecule has 2 aromatic rings. The highest BCUT2D eigenvalue weighted by Gasteiger charge is 2.30. The van der Waals surface area contributed by atoms with Crippen LogP contribution in [0.5, 0.6) is 0 Å². The van der Waals surface area contributed by atoms with Gasteiger partial charge in [0.2, 0.25) is 0 Å². The van der Waals surface area contributed by atoms with Gasteiger partial charge >= 0.3 is 0 Å². The van der Waals surface area contributed by atoms with Crippen molar-refractivity contribution in [1.29, 1.82) is 0 Å². The molecule has 0 unspecified atom stereocenters. The highest BCUT2D eigenvalue weighted by Crippen LogP contribution is 2.29. The molecule has 1 heterocycles. The van der Waals surface area contributed by atoms with Crippen molar-refractivity contribution in [3.63, 3.8) is 0 Å². The molecule has 0 bridgehead atoms. The van der Waals surface area contributed by atoms with Crippen LogP contribution in [0.2, 0.25) is 0 Å². The van der Waals surface area contributed by atoms with Crippen LogP contribution in [-0.2, 0) is 22.8 Å². The number of morpholine rings is 1. The van der Waals surface area contributed by atoms with Crippen molar-refractivity contribution in [1.82, 2.24) is 5.32 Å². The second kappa shape index (κ2) is 8.66. The van der Waals surface area contributed by atoms with Crippen LogP contribution in [0.4, 0.5) is 13.2 Å². The van der Waals surface area contributed by atoms with E-state index in [0.29, 0.717) is 29.8 Å². The normalized spacial score (nSPS) is 21.5. The van der Waals surface area contributed by atoms with Crippen LogP contribution in [0.1, 0.15) is 41.3 Å². The van der Waals surface area contributed by atoms with Crippen molar-refractivity contribution in [2.45, 2.75) is 38.7 Å². The average Bonchev–Trinajstić information content (AvgIpc) is 2.68. The van der Waals surface area contributed by atoms with E-state index in [2.05, 4.69) is 5.32 Å². The van der Waals surface area contributed by atoms with E-state index >= 15 is 0 Å². The van der Waals surface area contributed by atoms with Gasteiger partial charge in [0, 0.05) is 6.54 Å². The summed E-state index contributed by atoms with van der Waals surface area (Å²) in [5, 5.41) is 3.31. The highest BCUT2D eigenvalue weighted by molar-refractivity contribution is 5.31. The van der Waals surface area contributed by atoms with E-state index in [1.165, 1.54) is 18.2 Å². The van der Waals surface area contributed by atoms with Gasteiger partial charge in [-0.1, -0.05) is 30.3 Å². The van der Waals surface area contributed by atoms with Gasteiger partial charge in [-0.3, -0.25) is 0 Å². The summed E-state index contributed by atoms with van der Waals surface area (Å²) in [7, 11) is 0. The van der Waals surface area contributed by atoms with Gasteiger partial charge in [0.1, 0.15) is 19.2 Å². The SMILES string of the molecule is C[C@@H](O[C@H]1OCCN[C@H]1c1ccc(F)cc1)c1cc(CF)cc(CF)c1. The summed E-state index contributed by atoms with van der Waals surface area (Å²) in [6.45, 7) is 1.63. The molecule has 1 fully saturated rings. The molecule has 1 aliphatic rings. The Morgan fingerprint density at radius 1 is 1.12 bits per heavy atom. The summed E-state index contributed by atoms with van der Waals surface area (Å²) in [4.78, 5) is 0. The van der Waals surface area contributed by atoms with Gasteiger partial charge in [0.05, 0.1) is 18.8 Å². The fourth-order valence-corrected chi connectivity index (χ4v) is 3.10. The summed E-state index contributed by atoms with van der Waals surface area (Å²) in [5.41, 5.74) is 2.39. The first-order valence-corrected chi connectivity index (χ1v) is 8.61. The van der Waals surface area contributed by atoms with Gasteiger partial charge in [-0.15, -0.1) is 0 Å². The van der Waals surface area contributed by atoms with E-state index in [9.17, 15) is 13.2 Å². The maximum absolute atomic E-state index is 13.2. The predicted molar refractivity (Wildman–Crippen MR) is 92.4 cm³/mol. The van der Waals surface area contributed by atoms with Gasteiger partial charge in [-0.25, -0.2) is 13.2 Å². The Bertz CT molecular complexity index is 701. The molecule has 2 aromatic carbocycles. The Morgan fingerprint density at radius 3 is 2.38 bits per heavy atom. The molecule has 0 saturated carbocycles. The summed E-state index contributed by atoms with van der Waals surface area (Å²) in [6.07, 6.45) is -1.01. The van der Waals surface area contributed by atoms with Gasteiger partial charge < -0.3 is 14.8 Å². The lowest BCUT2D eigenvalue weighted by Gasteiger charge is -2.34. The molecule has 3 rings (SSSR count). The van der Waals surface area contributed by atoms with E-state index < -0.39 is 25.7 Å². The van der Waals surface area contributed by atoms with Crippen molar-refractivity contribution in [2.75, 3.05) is 13.2 Å². The third-order valence-corrected chi connectivity index (χ3v) is 4.44. The first-order valence-electron chi connectivity index (χ1n) is 8.61. The number of ether oxygens (including phenoxy) is 2. The molecule has 0 amide bonds. The largest absolute Gasteiger partial charge is 0.349 e. The molecular weight excluding hydrogens is 343 g/mol. The van der Waals surface area contributed by atoms with Crippen LogP contribution < -0.4 is 5.32 Å². The van der Waals surface area contributed by atoms with Gasteiger partial charge in [0.15, 0.2) is 6.29 Å². The van der Waals surface area contributed by atoms with Gasteiger partial charge in [-0.2, -0.15) is 0 Å². The third kappa shape index (κ3) is 4.44. The zero-order chi connectivity index (χ0) is 18.5. The van der Waals surface area contributed by atoms with Crippen LogP contribution in [0.15, 0.2) is 42.5 Å². The maximum atomic E-state index is 13.2. The summed E-state index contributed by atoms with van der Waals surface area (Å²) >= 11 is 0. The third-order valence-electron chi connectivity index (χ3n) is 4.44. The molecule has 1 N–H and O–H groups in total. The van der Waals surface area contributed by atoms with Crippen molar-refractivity contribution >= 4 is 0 Å². The number of rotatable bonds is 6. The molecule has 1 saturated heterocycles. The predicted octanol–water partition coefficient (Wildman–Crippen LogP) is 4.53. The first-order chi connectivity index (χ1) is 12.6. The van der Waals surface area contributed by atoms with E-state index in [4.69, 9.17) is 9.47 Å². The first kappa shape index (κ1) is 18.9. The fourth-order valence-electron chi connectivity index (χ4n) is 3.10. The lowest BCUT2D eigenvalue weighted by atomic mass is 10.0. The van der Waals surface area contributed by atoms with Crippen LogP contribution in [0.3, 0.4) is 0 Å². The highest BCUT2D eigenvalue weighted by atomic mass is 19.1. The number of halogens is 3. The number of nitrogens with one attached hydrogen (secondary N) is 1. The monoisotopic (exact) mass is 365 g/mol.